The quantitative estimate of drug-likeness (QED) is 0.682. The lowest BCUT2D eigenvalue weighted by molar-refractivity contribution is 1.02. The molecule has 0 unspecified atom stereocenters. The minimum Gasteiger partial charge on any atom is -0.366 e. The average molecular weight is 360 g/mol. The number of pyridine rings is 1. The van der Waals surface area contributed by atoms with E-state index in [1.54, 1.807) is 24.4 Å². The molecule has 0 saturated carbocycles. The average Bonchev–Trinajstić information content (AvgIpc) is 2.57. The number of rotatable bonds is 5. The number of nitrogens with zero attached hydrogens (tertiary/aromatic N) is 3. The molecule has 0 saturated heterocycles. The van der Waals surface area contributed by atoms with E-state index in [4.69, 9.17) is 23.2 Å². The summed E-state index contributed by atoms with van der Waals surface area (Å²) in [5, 5.41) is 7.61. The van der Waals surface area contributed by atoms with Crippen LogP contribution in [0.15, 0.2) is 48.8 Å². The van der Waals surface area contributed by atoms with Crippen LogP contribution in [0.5, 0.6) is 0 Å². The predicted molar refractivity (Wildman–Crippen MR) is 98.1 cm³/mol. The van der Waals surface area contributed by atoms with Crippen LogP contribution in [0.1, 0.15) is 11.4 Å². The van der Waals surface area contributed by atoms with Crippen molar-refractivity contribution in [2.45, 2.75) is 13.5 Å². The first-order chi connectivity index (χ1) is 11.6. The molecule has 24 heavy (non-hydrogen) atoms. The summed E-state index contributed by atoms with van der Waals surface area (Å²) in [7, 11) is 0. The number of benzene rings is 1. The van der Waals surface area contributed by atoms with Gasteiger partial charge in [-0.15, -0.1) is 0 Å². The van der Waals surface area contributed by atoms with Crippen LogP contribution in [-0.4, -0.2) is 15.0 Å². The fraction of sp³-hybridized carbons (Fsp3) is 0.118. The fourth-order valence-electron chi connectivity index (χ4n) is 2.15. The van der Waals surface area contributed by atoms with Gasteiger partial charge in [-0.3, -0.25) is 4.98 Å². The zero-order valence-corrected chi connectivity index (χ0v) is 14.4. The van der Waals surface area contributed by atoms with Gasteiger partial charge in [-0.05, 0) is 36.8 Å². The van der Waals surface area contributed by atoms with Crippen molar-refractivity contribution < 1.29 is 0 Å². The minimum atomic E-state index is 0.570. The second-order valence-electron chi connectivity index (χ2n) is 5.15. The predicted octanol–water partition coefficient (Wildman–Crippen LogP) is 4.84. The maximum absolute atomic E-state index is 6.18. The molecule has 0 aliphatic heterocycles. The van der Waals surface area contributed by atoms with Crippen LogP contribution in [0, 0.1) is 6.92 Å². The van der Waals surface area contributed by atoms with Crippen molar-refractivity contribution >= 4 is 40.5 Å². The van der Waals surface area contributed by atoms with Crippen LogP contribution >= 0.6 is 23.2 Å². The first-order valence-corrected chi connectivity index (χ1v) is 8.06. The molecule has 0 bridgehead atoms. The van der Waals surface area contributed by atoms with Gasteiger partial charge in [0.2, 0.25) is 0 Å². The first kappa shape index (κ1) is 16.5. The zero-order valence-electron chi connectivity index (χ0n) is 12.9. The molecule has 0 aliphatic rings. The monoisotopic (exact) mass is 359 g/mol. The van der Waals surface area contributed by atoms with Crippen LogP contribution in [-0.2, 0) is 6.54 Å². The molecule has 1 aromatic carbocycles. The smallest absolute Gasteiger partial charge is 0.136 e. The molecule has 0 atom stereocenters. The first-order valence-electron chi connectivity index (χ1n) is 7.31. The van der Waals surface area contributed by atoms with Gasteiger partial charge in [-0.1, -0.05) is 29.3 Å². The lowest BCUT2D eigenvalue weighted by atomic mass is 10.3. The third-order valence-corrected chi connectivity index (χ3v) is 3.79. The molecule has 2 aromatic heterocycles. The second kappa shape index (κ2) is 7.47. The fourth-order valence-corrected chi connectivity index (χ4v) is 2.49. The van der Waals surface area contributed by atoms with Crippen molar-refractivity contribution in [2.24, 2.45) is 0 Å². The summed E-state index contributed by atoms with van der Waals surface area (Å²) >= 11 is 12.2. The van der Waals surface area contributed by atoms with Gasteiger partial charge in [0.15, 0.2) is 0 Å². The van der Waals surface area contributed by atoms with E-state index in [2.05, 4.69) is 25.6 Å². The Morgan fingerprint density at radius 1 is 1.04 bits per heavy atom. The lowest BCUT2D eigenvalue weighted by Gasteiger charge is -2.11. The highest BCUT2D eigenvalue weighted by atomic mass is 35.5. The van der Waals surface area contributed by atoms with Gasteiger partial charge in [-0.25, -0.2) is 9.97 Å². The van der Waals surface area contributed by atoms with Crippen molar-refractivity contribution in [1.29, 1.82) is 0 Å². The topological polar surface area (TPSA) is 62.7 Å². The van der Waals surface area contributed by atoms with Crippen molar-refractivity contribution in [3.8, 4) is 0 Å². The van der Waals surface area contributed by atoms with Gasteiger partial charge < -0.3 is 10.6 Å². The van der Waals surface area contributed by atoms with Gasteiger partial charge in [0.25, 0.3) is 0 Å². The SMILES string of the molecule is Cc1nc(NCc2cccnc2)cc(Nc2cc(Cl)ccc2Cl)n1. The highest BCUT2D eigenvalue weighted by Gasteiger charge is 2.06. The van der Waals surface area contributed by atoms with Crippen molar-refractivity contribution in [3.05, 3.63) is 70.2 Å². The maximum Gasteiger partial charge on any atom is 0.136 e. The van der Waals surface area contributed by atoms with Crippen LogP contribution in [0.25, 0.3) is 0 Å². The van der Waals surface area contributed by atoms with Crippen LogP contribution in [0.2, 0.25) is 10.0 Å². The van der Waals surface area contributed by atoms with Gasteiger partial charge in [0.05, 0.1) is 10.7 Å². The largest absolute Gasteiger partial charge is 0.366 e. The molecule has 0 amide bonds. The number of anilines is 3. The van der Waals surface area contributed by atoms with E-state index < -0.39 is 0 Å². The van der Waals surface area contributed by atoms with Gasteiger partial charge in [-0.2, -0.15) is 0 Å². The summed E-state index contributed by atoms with van der Waals surface area (Å²) in [4.78, 5) is 12.9. The molecule has 0 aliphatic carbocycles. The summed E-state index contributed by atoms with van der Waals surface area (Å²) in [5.41, 5.74) is 1.77. The molecule has 2 N–H and O–H groups in total. The molecule has 5 nitrogen and oxygen atoms in total. The molecule has 0 radical (unpaired) electrons. The Balaban J connectivity index is 1.77. The van der Waals surface area contributed by atoms with E-state index in [1.807, 2.05) is 31.3 Å². The molecule has 3 aromatic rings. The van der Waals surface area contributed by atoms with E-state index in [1.165, 1.54) is 0 Å². The van der Waals surface area contributed by atoms with Crippen LogP contribution < -0.4 is 10.6 Å². The van der Waals surface area contributed by atoms with Crippen molar-refractivity contribution in [1.82, 2.24) is 15.0 Å². The number of nitrogens with one attached hydrogen (secondary N) is 2. The normalized spacial score (nSPS) is 10.5. The van der Waals surface area contributed by atoms with Crippen molar-refractivity contribution in [3.63, 3.8) is 0 Å². The van der Waals surface area contributed by atoms with Gasteiger partial charge in [0.1, 0.15) is 17.5 Å². The Kier molecular flexibility index (Phi) is 5.13. The number of halogens is 2. The van der Waals surface area contributed by atoms with E-state index >= 15 is 0 Å². The summed E-state index contributed by atoms with van der Waals surface area (Å²) in [6, 6.07) is 10.9. The number of aromatic nitrogens is 3. The Morgan fingerprint density at radius 2 is 1.88 bits per heavy atom. The Hall–Kier alpha value is -2.37. The molecular formula is C17H15Cl2N5. The van der Waals surface area contributed by atoms with Gasteiger partial charge in [0, 0.05) is 30.0 Å². The molecule has 7 heteroatoms. The Morgan fingerprint density at radius 3 is 2.67 bits per heavy atom. The van der Waals surface area contributed by atoms with E-state index in [0.29, 0.717) is 39.7 Å². The highest BCUT2D eigenvalue weighted by Crippen LogP contribution is 2.28. The molecule has 0 spiro atoms. The minimum absolute atomic E-state index is 0.570. The zero-order chi connectivity index (χ0) is 16.9. The third kappa shape index (κ3) is 4.34. The maximum atomic E-state index is 6.18. The third-order valence-electron chi connectivity index (χ3n) is 3.23. The molecule has 2 heterocycles. The van der Waals surface area contributed by atoms with Gasteiger partial charge >= 0.3 is 0 Å². The van der Waals surface area contributed by atoms with E-state index in [0.717, 1.165) is 5.56 Å². The van der Waals surface area contributed by atoms with E-state index in [9.17, 15) is 0 Å². The summed E-state index contributed by atoms with van der Waals surface area (Å²) in [6.07, 6.45) is 3.56. The number of aryl methyl sites for hydroxylation is 1. The second-order valence-corrected chi connectivity index (χ2v) is 5.99. The molecule has 122 valence electrons. The summed E-state index contributed by atoms with van der Waals surface area (Å²) in [6.45, 7) is 2.46. The molecular weight excluding hydrogens is 345 g/mol. The Bertz CT molecular complexity index is 840. The number of hydrogen-bond acceptors (Lipinski definition) is 5. The molecule has 0 fully saturated rings. The highest BCUT2D eigenvalue weighted by molar-refractivity contribution is 6.35. The van der Waals surface area contributed by atoms with E-state index in [-0.39, 0.29) is 0 Å². The summed E-state index contributed by atoms with van der Waals surface area (Å²) < 4.78 is 0. The summed E-state index contributed by atoms with van der Waals surface area (Å²) in [5.74, 6) is 2.00. The van der Waals surface area contributed by atoms with Crippen molar-refractivity contribution in [2.75, 3.05) is 10.6 Å². The molecule has 3 rings (SSSR count). The van der Waals surface area contributed by atoms with Crippen LogP contribution in [0.4, 0.5) is 17.3 Å². The number of hydrogen-bond donors (Lipinski definition) is 2. The standard InChI is InChI=1S/C17H15Cl2N5/c1-11-22-16(21-10-12-3-2-6-20-9-12)8-17(23-11)24-15-7-13(18)4-5-14(15)19/h2-9H,10H2,1H3,(H2,21,22,23,24). The van der Waals surface area contributed by atoms with Crippen LogP contribution in [0.3, 0.4) is 0 Å². The Labute approximate surface area is 150 Å². The lowest BCUT2D eigenvalue weighted by Crippen LogP contribution is -2.05.